The largest absolute Gasteiger partial charge is 0.469 e. The molecule has 0 saturated carbocycles. The van der Waals surface area contributed by atoms with Crippen LogP contribution in [0.15, 0.2) is 18.2 Å². The van der Waals surface area contributed by atoms with E-state index < -0.39 is 5.41 Å². The minimum absolute atomic E-state index is 0.00633. The highest BCUT2D eigenvalue weighted by Crippen LogP contribution is 2.44. The van der Waals surface area contributed by atoms with Gasteiger partial charge in [-0.1, -0.05) is 13.8 Å². The second-order valence-corrected chi connectivity index (χ2v) is 11.9. The van der Waals surface area contributed by atoms with E-state index in [-0.39, 0.29) is 42.2 Å². The van der Waals surface area contributed by atoms with Gasteiger partial charge in [0.2, 0.25) is 0 Å². The van der Waals surface area contributed by atoms with Crippen molar-refractivity contribution < 1.29 is 23.9 Å². The summed E-state index contributed by atoms with van der Waals surface area (Å²) < 4.78 is 4.92. The molecule has 0 saturated heterocycles. The lowest BCUT2D eigenvalue weighted by Gasteiger charge is -2.19. The van der Waals surface area contributed by atoms with E-state index in [1.165, 1.54) is 7.11 Å². The summed E-state index contributed by atoms with van der Waals surface area (Å²) in [7, 11) is 1.38. The van der Waals surface area contributed by atoms with E-state index in [1.807, 2.05) is 33.8 Å². The lowest BCUT2D eigenvalue weighted by molar-refractivity contribution is -0.140. The average Bonchev–Trinajstić information content (AvgIpc) is 3.71. The number of ketones is 2. The number of nitrogens with zero attached hydrogens (tertiary/aromatic N) is 2. The fourth-order valence-electron chi connectivity index (χ4n) is 6.69. The van der Waals surface area contributed by atoms with Crippen LogP contribution in [-0.4, -0.2) is 50.9 Å². The Morgan fingerprint density at radius 3 is 2.52 bits per heavy atom. The Morgan fingerprint density at radius 2 is 1.83 bits per heavy atom. The fraction of sp³-hybridized carbons (Fsp3) is 0.394. The molecule has 0 aromatic carbocycles. The molecule has 0 radical (unpaired) electrons. The number of aromatic nitrogens is 4. The quantitative estimate of drug-likeness (QED) is 0.291. The number of carbonyl (C=O) groups excluding carboxylic acids is 4. The third-order valence-corrected chi connectivity index (χ3v) is 9.66. The number of fused-ring (bicyclic) bond motifs is 8. The van der Waals surface area contributed by atoms with Crippen LogP contribution >= 0.6 is 0 Å². The standard InChI is InChI=1S/C33H34N4O5/c1-7-33(5)27-13-24-20(14-38)16(3)21(34-24)11-22-15(2)18(8-9-28(40)42-6)30(36-22)19-10-26(39)29-17(4)23(37-31(19)29)12-25(35-27)32(33)41/h11-15,18,34,37H,7-10H2,1-6H3/t15-,18-,33?/m0/s1. The molecule has 9 nitrogen and oxygen atoms in total. The van der Waals surface area contributed by atoms with Crippen molar-refractivity contribution in [3.8, 4) is 0 Å². The van der Waals surface area contributed by atoms with Gasteiger partial charge in [0.25, 0.3) is 0 Å². The first-order valence-corrected chi connectivity index (χ1v) is 14.4. The minimum atomic E-state index is -0.862. The molecule has 2 aliphatic heterocycles. The van der Waals surface area contributed by atoms with Crippen LogP contribution in [0.4, 0.5) is 0 Å². The number of esters is 1. The molecule has 8 bridgehead atoms. The predicted molar refractivity (Wildman–Crippen MR) is 158 cm³/mol. The molecule has 1 aliphatic carbocycles. The topological polar surface area (TPSA) is 135 Å². The number of methoxy groups -OCH3 is 1. The van der Waals surface area contributed by atoms with Crippen molar-refractivity contribution in [2.45, 2.75) is 77.6 Å². The first kappa shape index (κ1) is 27.8. The summed E-state index contributed by atoms with van der Waals surface area (Å²) in [5.41, 5.74) is 7.74. The zero-order valence-corrected chi connectivity index (χ0v) is 24.7. The van der Waals surface area contributed by atoms with Crippen molar-refractivity contribution in [2.75, 3.05) is 7.11 Å². The second-order valence-electron chi connectivity index (χ2n) is 11.9. The first-order valence-electron chi connectivity index (χ1n) is 14.4. The molecule has 5 heterocycles. The van der Waals surface area contributed by atoms with Crippen LogP contribution in [0, 0.1) is 13.8 Å². The number of ether oxygens (including phenoxy) is 1. The predicted octanol–water partition coefficient (Wildman–Crippen LogP) is 5.87. The van der Waals surface area contributed by atoms with E-state index in [1.54, 1.807) is 12.1 Å². The normalized spacial score (nSPS) is 21.2. The van der Waals surface area contributed by atoms with Crippen molar-refractivity contribution >= 4 is 45.9 Å². The number of hydrogen-bond acceptors (Lipinski definition) is 7. The number of aldehydes is 1. The molecule has 1 unspecified atom stereocenters. The zero-order chi connectivity index (χ0) is 30.1. The molecule has 0 spiro atoms. The summed E-state index contributed by atoms with van der Waals surface area (Å²) in [5, 5.41) is 0. The minimum Gasteiger partial charge on any atom is -0.469 e. The van der Waals surface area contributed by atoms with Crippen LogP contribution in [0.25, 0.3) is 22.1 Å². The summed E-state index contributed by atoms with van der Waals surface area (Å²) in [4.78, 5) is 68.2. The molecule has 6 rings (SSSR count). The second kappa shape index (κ2) is 9.86. The van der Waals surface area contributed by atoms with Gasteiger partial charge in [0.05, 0.1) is 34.9 Å². The summed E-state index contributed by atoms with van der Waals surface area (Å²) in [6.07, 6.45) is 2.29. The lowest BCUT2D eigenvalue weighted by Crippen LogP contribution is -2.27. The highest BCUT2D eigenvalue weighted by Gasteiger charge is 2.41. The van der Waals surface area contributed by atoms with E-state index >= 15 is 0 Å². The van der Waals surface area contributed by atoms with E-state index in [4.69, 9.17) is 14.7 Å². The number of H-pyrrole nitrogens is 2. The van der Waals surface area contributed by atoms with Crippen LogP contribution in [0.3, 0.4) is 0 Å². The molecule has 3 aromatic heterocycles. The SMILES string of the molecule is CCC1(C)C(=O)c2cc3[nH]c4c(c5nc(cc6[nH]c(cc1n2)c(C=O)c6C)[C@@H](C)[C@@H]5CCC(=O)OC)CC(=O)c4c3C. The van der Waals surface area contributed by atoms with E-state index in [0.717, 1.165) is 39.9 Å². The third kappa shape index (κ3) is 3.97. The highest BCUT2D eigenvalue weighted by molar-refractivity contribution is 6.13. The van der Waals surface area contributed by atoms with Gasteiger partial charge in [0, 0.05) is 58.1 Å². The number of aromatic amines is 2. The van der Waals surface area contributed by atoms with Gasteiger partial charge in [-0.05, 0) is 62.9 Å². The van der Waals surface area contributed by atoms with Gasteiger partial charge in [0.1, 0.15) is 5.69 Å². The maximum atomic E-state index is 13.7. The Labute approximate surface area is 243 Å². The molecular formula is C33H34N4O5. The lowest BCUT2D eigenvalue weighted by atomic mass is 9.80. The van der Waals surface area contributed by atoms with Crippen LogP contribution in [0.1, 0.15) is 117 Å². The van der Waals surface area contributed by atoms with Crippen LogP contribution in [-0.2, 0) is 21.4 Å². The van der Waals surface area contributed by atoms with Gasteiger partial charge >= 0.3 is 5.97 Å². The number of hydrogen-bond donors (Lipinski definition) is 2. The van der Waals surface area contributed by atoms with Crippen molar-refractivity contribution in [3.05, 3.63) is 68.8 Å². The number of carbonyl (C=O) groups is 4. The highest BCUT2D eigenvalue weighted by atomic mass is 16.5. The summed E-state index contributed by atoms with van der Waals surface area (Å²) in [6, 6.07) is 5.48. The summed E-state index contributed by atoms with van der Waals surface area (Å²) >= 11 is 0. The molecular weight excluding hydrogens is 532 g/mol. The molecule has 9 heteroatoms. The number of aryl methyl sites for hydroxylation is 2. The van der Waals surface area contributed by atoms with Gasteiger partial charge < -0.3 is 14.7 Å². The number of rotatable bonds is 5. The Morgan fingerprint density at radius 1 is 1.10 bits per heavy atom. The number of Topliss-reactive ketones (excluding diaryl/α,β-unsaturated/α-hetero) is 2. The maximum Gasteiger partial charge on any atom is 0.305 e. The summed E-state index contributed by atoms with van der Waals surface area (Å²) in [5.74, 6) is -0.589. The Bertz CT molecular complexity index is 1880. The van der Waals surface area contributed by atoms with Crippen molar-refractivity contribution in [2.24, 2.45) is 0 Å². The van der Waals surface area contributed by atoms with Gasteiger partial charge in [-0.3, -0.25) is 24.2 Å². The van der Waals surface area contributed by atoms with Gasteiger partial charge in [0.15, 0.2) is 17.9 Å². The Hall–Kier alpha value is -4.40. The average molecular weight is 567 g/mol. The van der Waals surface area contributed by atoms with Gasteiger partial charge in [-0.15, -0.1) is 0 Å². The van der Waals surface area contributed by atoms with E-state index in [0.29, 0.717) is 51.9 Å². The molecule has 3 aromatic rings. The van der Waals surface area contributed by atoms with Gasteiger partial charge in [-0.2, -0.15) is 0 Å². The molecule has 3 atom stereocenters. The van der Waals surface area contributed by atoms with Crippen LogP contribution in [0.2, 0.25) is 0 Å². The van der Waals surface area contributed by atoms with Crippen LogP contribution < -0.4 is 0 Å². The van der Waals surface area contributed by atoms with E-state index in [9.17, 15) is 19.2 Å². The molecule has 0 fully saturated rings. The first-order chi connectivity index (χ1) is 20.0. The van der Waals surface area contributed by atoms with E-state index in [2.05, 4.69) is 16.9 Å². The van der Waals surface area contributed by atoms with Crippen molar-refractivity contribution in [1.29, 1.82) is 0 Å². The molecule has 3 aliphatic rings. The monoisotopic (exact) mass is 566 g/mol. The fourth-order valence-corrected chi connectivity index (χ4v) is 6.69. The van der Waals surface area contributed by atoms with Crippen molar-refractivity contribution in [1.82, 2.24) is 19.9 Å². The smallest absolute Gasteiger partial charge is 0.305 e. The van der Waals surface area contributed by atoms with Crippen LogP contribution in [0.5, 0.6) is 0 Å². The Kier molecular flexibility index (Phi) is 6.51. The molecule has 42 heavy (non-hydrogen) atoms. The third-order valence-electron chi connectivity index (χ3n) is 9.66. The summed E-state index contributed by atoms with van der Waals surface area (Å²) in [6.45, 7) is 9.66. The number of nitrogens with one attached hydrogen (secondary N) is 2. The van der Waals surface area contributed by atoms with Crippen molar-refractivity contribution in [3.63, 3.8) is 0 Å². The molecule has 216 valence electrons. The molecule has 0 amide bonds. The molecule has 2 N–H and O–H groups in total. The zero-order valence-electron chi connectivity index (χ0n) is 24.7. The maximum absolute atomic E-state index is 13.7. The van der Waals surface area contributed by atoms with Gasteiger partial charge in [-0.25, -0.2) is 4.98 Å². The Balaban J connectivity index is 1.75.